The van der Waals surface area contributed by atoms with Gasteiger partial charge in [0, 0.05) is 26.2 Å². The van der Waals surface area contributed by atoms with Crippen LogP contribution in [0.15, 0.2) is 54.6 Å². The molecule has 172 valence electrons. The van der Waals surface area contributed by atoms with Crippen LogP contribution in [0.5, 0.6) is 0 Å². The third-order valence-electron chi connectivity index (χ3n) is 5.63. The zero-order valence-electron chi connectivity index (χ0n) is 18.3. The molecule has 0 radical (unpaired) electrons. The first kappa shape index (κ1) is 23.3. The van der Waals surface area contributed by atoms with Gasteiger partial charge in [-0.2, -0.15) is 5.10 Å². The average molecular weight is 486 g/mol. The number of amides is 2. The lowest BCUT2D eigenvalue weighted by Crippen LogP contribution is -2.50. The van der Waals surface area contributed by atoms with Gasteiger partial charge in [-0.05, 0) is 24.6 Å². The number of anilines is 1. The minimum Gasteiger partial charge on any atom is -0.336 e. The highest BCUT2D eigenvalue weighted by molar-refractivity contribution is 6.33. The average Bonchev–Trinajstić information content (AvgIpc) is 3.08. The summed E-state index contributed by atoms with van der Waals surface area (Å²) in [7, 11) is 0. The molecule has 0 unspecified atom stereocenters. The zero-order valence-corrected chi connectivity index (χ0v) is 19.8. The van der Waals surface area contributed by atoms with Gasteiger partial charge in [-0.25, -0.2) is 4.68 Å². The number of nitrogens with zero attached hydrogens (tertiary/aromatic N) is 4. The normalized spacial score (nSPS) is 14.3. The molecule has 0 bridgehead atoms. The van der Waals surface area contributed by atoms with E-state index in [0.717, 1.165) is 5.56 Å². The summed E-state index contributed by atoms with van der Waals surface area (Å²) in [6.07, 6.45) is 0. The Morgan fingerprint density at radius 1 is 0.970 bits per heavy atom. The molecule has 2 aromatic carbocycles. The number of para-hydroxylation sites is 1. The number of halogens is 2. The van der Waals surface area contributed by atoms with E-state index in [9.17, 15) is 9.59 Å². The number of hydrogen-bond acceptors (Lipinski definition) is 4. The van der Waals surface area contributed by atoms with Gasteiger partial charge in [-0.3, -0.25) is 14.5 Å². The standard InChI is InChI=1S/C24H25Cl2N5O2/c1-17-22(23(26)31(28-17)15-18-7-3-2-4-8-18)24(33)30-13-11-29(12-14-30)16-21(32)27-20-10-6-5-9-19(20)25/h2-10H,11-16H2,1H3,(H,27,32). The van der Waals surface area contributed by atoms with Crippen molar-refractivity contribution in [1.29, 1.82) is 0 Å². The van der Waals surface area contributed by atoms with Gasteiger partial charge in [-0.1, -0.05) is 65.7 Å². The molecule has 2 amide bonds. The Hall–Kier alpha value is -2.87. The van der Waals surface area contributed by atoms with Crippen molar-refractivity contribution >= 4 is 40.7 Å². The van der Waals surface area contributed by atoms with Crippen LogP contribution in [0.4, 0.5) is 5.69 Å². The first-order chi connectivity index (χ1) is 15.9. The molecular formula is C24H25Cl2N5O2. The predicted octanol–water partition coefficient (Wildman–Crippen LogP) is 3.94. The smallest absolute Gasteiger partial charge is 0.258 e. The zero-order chi connectivity index (χ0) is 23.4. The molecule has 0 saturated carbocycles. The third-order valence-corrected chi connectivity index (χ3v) is 6.34. The highest BCUT2D eigenvalue weighted by Crippen LogP contribution is 2.24. The van der Waals surface area contributed by atoms with Gasteiger partial charge in [0.05, 0.1) is 35.1 Å². The summed E-state index contributed by atoms with van der Waals surface area (Å²) in [5, 5.41) is 8.17. The van der Waals surface area contributed by atoms with Crippen molar-refractivity contribution in [2.75, 3.05) is 38.0 Å². The van der Waals surface area contributed by atoms with Crippen molar-refractivity contribution < 1.29 is 9.59 Å². The Labute approximate surface area is 202 Å². The Bertz CT molecular complexity index is 1140. The van der Waals surface area contributed by atoms with Crippen LogP contribution in [0.2, 0.25) is 10.2 Å². The molecule has 33 heavy (non-hydrogen) atoms. The summed E-state index contributed by atoms with van der Waals surface area (Å²) < 4.78 is 1.66. The van der Waals surface area contributed by atoms with Crippen molar-refractivity contribution in [3.63, 3.8) is 0 Å². The second-order valence-electron chi connectivity index (χ2n) is 7.99. The van der Waals surface area contributed by atoms with Gasteiger partial charge in [0.15, 0.2) is 0 Å². The molecule has 0 aliphatic carbocycles. The Kier molecular flexibility index (Phi) is 7.33. The van der Waals surface area contributed by atoms with Crippen LogP contribution >= 0.6 is 23.2 Å². The van der Waals surface area contributed by atoms with Crippen LogP contribution in [0, 0.1) is 6.92 Å². The second kappa shape index (κ2) is 10.4. The van der Waals surface area contributed by atoms with Gasteiger partial charge in [-0.15, -0.1) is 0 Å². The van der Waals surface area contributed by atoms with Gasteiger partial charge >= 0.3 is 0 Å². The van der Waals surface area contributed by atoms with Gasteiger partial charge in [0.1, 0.15) is 5.15 Å². The van der Waals surface area contributed by atoms with Crippen molar-refractivity contribution in [1.82, 2.24) is 19.6 Å². The molecule has 0 spiro atoms. The fourth-order valence-electron chi connectivity index (χ4n) is 3.88. The minimum atomic E-state index is -0.135. The van der Waals surface area contributed by atoms with Crippen LogP contribution in [0.1, 0.15) is 21.6 Å². The molecule has 7 nitrogen and oxygen atoms in total. The van der Waals surface area contributed by atoms with E-state index in [1.54, 1.807) is 28.6 Å². The van der Waals surface area contributed by atoms with E-state index in [1.165, 1.54) is 0 Å². The van der Waals surface area contributed by atoms with Crippen LogP contribution in [0.25, 0.3) is 0 Å². The topological polar surface area (TPSA) is 70.5 Å². The van der Waals surface area contributed by atoms with Crippen molar-refractivity contribution in [2.24, 2.45) is 0 Å². The number of aromatic nitrogens is 2. The number of benzene rings is 2. The van der Waals surface area contributed by atoms with Crippen molar-refractivity contribution in [3.8, 4) is 0 Å². The summed E-state index contributed by atoms with van der Waals surface area (Å²) >= 11 is 12.7. The SMILES string of the molecule is Cc1nn(Cc2ccccc2)c(Cl)c1C(=O)N1CCN(CC(=O)Nc2ccccc2Cl)CC1. The minimum absolute atomic E-state index is 0.128. The van der Waals surface area contributed by atoms with Crippen LogP contribution in [0.3, 0.4) is 0 Å². The Balaban J connectivity index is 1.34. The van der Waals surface area contributed by atoms with Crippen molar-refractivity contribution in [3.05, 3.63) is 81.6 Å². The summed E-state index contributed by atoms with van der Waals surface area (Å²) in [6.45, 7) is 4.75. The number of hydrogen-bond donors (Lipinski definition) is 1. The van der Waals surface area contributed by atoms with E-state index in [2.05, 4.69) is 10.4 Å². The number of nitrogens with one attached hydrogen (secondary N) is 1. The first-order valence-corrected chi connectivity index (χ1v) is 11.5. The molecule has 1 saturated heterocycles. The molecule has 1 aliphatic heterocycles. The lowest BCUT2D eigenvalue weighted by atomic mass is 10.2. The molecule has 1 aliphatic rings. The maximum atomic E-state index is 13.2. The number of piperazine rings is 1. The summed E-state index contributed by atoms with van der Waals surface area (Å²) in [5.41, 5.74) is 2.71. The number of aryl methyl sites for hydroxylation is 1. The van der Waals surface area contributed by atoms with E-state index in [-0.39, 0.29) is 18.4 Å². The van der Waals surface area contributed by atoms with Gasteiger partial charge in [0.2, 0.25) is 5.91 Å². The maximum Gasteiger partial charge on any atom is 0.258 e. The van der Waals surface area contributed by atoms with E-state index >= 15 is 0 Å². The highest BCUT2D eigenvalue weighted by atomic mass is 35.5. The Morgan fingerprint density at radius 3 is 2.33 bits per heavy atom. The molecule has 9 heteroatoms. The number of rotatable bonds is 6. The van der Waals surface area contributed by atoms with Crippen molar-refractivity contribution in [2.45, 2.75) is 13.5 Å². The molecule has 1 fully saturated rings. The van der Waals surface area contributed by atoms with E-state index in [1.807, 2.05) is 47.4 Å². The monoisotopic (exact) mass is 485 g/mol. The predicted molar refractivity (Wildman–Crippen MR) is 130 cm³/mol. The fraction of sp³-hybridized carbons (Fsp3) is 0.292. The maximum absolute atomic E-state index is 13.2. The summed E-state index contributed by atoms with van der Waals surface area (Å²) in [4.78, 5) is 29.4. The molecule has 4 rings (SSSR count). The molecule has 2 heterocycles. The first-order valence-electron chi connectivity index (χ1n) is 10.7. The van der Waals surface area contributed by atoms with Gasteiger partial charge in [0.25, 0.3) is 5.91 Å². The number of carbonyl (C=O) groups is 2. The summed E-state index contributed by atoms with van der Waals surface area (Å²) in [5.74, 6) is -0.263. The van der Waals surface area contributed by atoms with Crippen LogP contribution in [-0.2, 0) is 11.3 Å². The van der Waals surface area contributed by atoms with Crippen LogP contribution < -0.4 is 5.32 Å². The molecule has 0 atom stereocenters. The molecule has 1 aromatic heterocycles. The van der Waals surface area contributed by atoms with Gasteiger partial charge < -0.3 is 10.2 Å². The van der Waals surface area contributed by atoms with E-state index < -0.39 is 0 Å². The largest absolute Gasteiger partial charge is 0.336 e. The molecule has 1 N–H and O–H groups in total. The highest BCUT2D eigenvalue weighted by Gasteiger charge is 2.28. The summed E-state index contributed by atoms with van der Waals surface area (Å²) in [6, 6.07) is 17.0. The molecular weight excluding hydrogens is 461 g/mol. The quantitative estimate of drug-likeness (QED) is 0.573. The fourth-order valence-corrected chi connectivity index (χ4v) is 4.38. The van der Waals surface area contributed by atoms with E-state index in [0.29, 0.717) is 59.8 Å². The molecule has 3 aromatic rings. The lowest BCUT2D eigenvalue weighted by Gasteiger charge is -2.34. The number of carbonyl (C=O) groups excluding carboxylic acids is 2. The second-order valence-corrected chi connectivity index (χ2v) is 8.76. The third kappa shape index (κ3) is 5.55. The van der Waals surface area contributed by atoms with E-state index in [4.69, 9.17) is 23.2 Å². The Morgan fingerprint density at radius 2 is 1.64 bits per heavy atom. The van der Waals surface area contributed by atoms with Crippen LogP contribution in [-0.4, -0.2) is 64.1 Å². The lowest BCUT2D eigenvalue weighted by molar-refractivity contribution is -0.117.